The zero-order chi connectivity index (χ0) is 11.8. The number of hydrogen-bond acceptors (Lipinski definition) is 1. The van der Waals surface area contributed by atoms with Gasteiger partial charge >= 0.3 is 0 Å². The standard InChI is InChI=1S/C12H27N3/c1-9(2)11(10(3)4)7-5-6-8-15-12(13)14/h9-11H,5-8H2,1-4H3,(H4,13,14,15). The molecule has 0 radical (unpaired) electrons. The molecule has 0 amide bonds. The first-order chi connectivity index (χ1) is 6.95. The second kappa shape index (κ2) is 7.55. The van der Waals surface area contributed by atoms with Crippen LogP contribution < -0.4 is 11.5 Å². The molecule has 0 aromatic heterocycles. The Morgan fingerprint density at radius 2 is 1.53 bits per heavy atom. The van der Waals surface area contributed by atoms with Gasteiger partial charge in [-0.3, -0.25) is 4.99 Å². The molecule has 15 heavy (non-hydrogen) atoms. The first kappa shape index (κ1) is 14.3. The molecule has 3 nitrogen and oxygen atoms in total. The van der Waals surface area contributed by atoms with E-state index in [0.29, 0.717) is 0 Å². The van der Waals surface area contributed by atoms with E-state index in [1.54, 1.807) is 0 Å². The van der Waals surface area contributed by atoms with Crippen LogP contribution in [-0.2, 0) is 0 Å². The zero-order valence-corrected chi connectivity index (χ0v) is 10.7. The first-order valence-electron chi connectivity index (χ1n) is 6.00. The van der Waals surface area contributed by atoms with Gasteiger partial charge in [0.2, 0.25) is 0 Å². The van der Waals surface area contributed by atoms with E-state index < -0.39 is 0 Å². The number of hydrogen-bond donors (Lipinski definition) is 2. The van der Waals surface area contributed by atoms with E-state index in [4.69, 9.17) is 11.5 Å². The van der Waals surface area contributed by atoms with Gasteiger partial charge in [-0.2, -0.15) is 0 Å². The molecule has 0 unspecified atom stereocenters. The fourth-order valence-electron chi connectivity index (χ4n) is 2.14. The van der Waals surface area contributed by atoms with Gasteiger partial charge in [0.25, 0.3) is 0 Å². The molecule has 0 fully saturated rings. The lowest BCUT2D eigenvalue weighted by Crippen LogP contribution is -2.23. The summed E-state index contributed by atoms with van der Waals surface area (Å²) in [4.78, 5) is 3.98. The molecule has 3 heteroatoms. The molecule has 0 aliphatic carbocycles. The Kier molecular flexibility index (Phi) is 7.18. The average molecular weight is 213 g/mol. The molecule has 0 heterocycles. The third-order valence-electron chi connectivity index (χ3n) is 2.95. The van der Waals surface area contributed by atoms with Gasteiger partial charge in [-0.05, 0) is 30.6 Å². The molecule has 0 aromatic rings. The van der Waals surface area contributed by atoms with Crippen molar-refractivity contribution in [1.82, 2.24) is 0 Å². The Balaban J connectivity index is 3.68. The molecule has 0 aliphatic heterocycles. The fourth-order valence-corrected chi connectivity index (χ4v) is 2.14. The van der Waals surface area contributed by atoms with Crippen LogP contribution in [0.1, 0.15) is 47.0 Å². The van der Waals surface area contributed by atoms with Gasteiger partial charge in [0.1, 0.15) is 0 Å². The summed E-state index contributed by atoms with van der Waals surface area (Å²) in [5.41, 5.74) is 10.5. The second-order valence-electron chi connectivity index (χ2n) is 4.95. The van der Waals surface area contributed by atoms with Gasteiger partial charge in [0.05, 0.1) is 0 Å². The van der Waals surface area contributed by atoms with Crippen LogP contribution in [0.5, 0.6) is 0 Å². The average Bonchev–Trinajstić information content (AvgIpc) is 2.08. The summed E-state index contributed by atoms with van der Waals surface area (Å²) >= 11 is 0. The van der Waals surface area contributed by atoms with Crippen molar-refractivity contribution in [3.8, 4) is 0 Å². The van der Waals surface area contributed by atoms with E-state index in [2.05, 4.69) is 32.7 Å². The Hall–Kier alpha value is -0.730. The molecule has 0 saturated heterocycles. The zero-order valence-electron chi connectivity index (χ0n) is 10.7. The lowest BCUT2D eigenvalue weighted by atomic mass is 9.82. The lowest BCUT2D eigenvalue weighted by Gasteiger charge is -2.24. The van der Waals surface area contributed by atoms with Crippen molar-refractivity contribution >= 4 is 5.96 Å². The van der Waals surface area contributed by atoms with Crippen molar-refractivity contribution in [3.05, 3.63) is 0 Å². The minimum Gasteiger partial charge on any atom is -0.370 e. The molecule has 0 spiro atoms. The van der Waals surface area contributed by atoms with Crippen LogP contribution in [0.15, 0.2) is 4.99 Å². The molecular formula is C12H27N3. The highest BCUT2D eigenvalue weighted by Gasteiger charge is 2.16. The summed E-state index contributed by atoms with van der Waals surface area (Å²) in [6, 6.07) is 0. The van der Waals surface area contributed by atoms with Crippen LogP contribution in [0.3, 0.4) is 0 Å². The van der Waals surface area contributed by atoms with Crippen molar-refractivity contribution in [3.63, 3.8) is 0 Å². The van der Waals surface area contributed by atoms with Gasteiger partial charge in [0.15, 0.2) is 5.96 Å². The van der Waals surface area contributed by atoms with E-state index in [1.807, 2.05) is 0 Å². The van der Waals surface area contributed by atoms with Crippen LogP contribution in [0.4, 0.5) is 0 Å². The van der Waals surface area contributed by atoms with E-state index >= 15 is 0 Å². The quantitative estimate of drug-likeness (QED) is 0.387. The normalized spacial score (nSPS) is 11.4. The van der Waals surface area contributed by atoms with Crippen molar-refractivity contribution in [1.29, 1.82) is 0 Å². The molecule has 0 aromatic carbocycles. The van der Waals surface area contributed by atoms with Crippen molar-refractivity contribution in [2.75, 3.05) is 6.54 Å². The Morgan fingerprint density at radius 3 is 1.93 bits per heavy atom. The predicted molar refractivity (Wildman–Crippen MR) is 67.7 cm³/mol. The monoisotopic (exact) mass is 213 g/mol. The summed E-state index contributed by atoms with van der Waals surface area (Å²) in [5.74, 6) is 2.57. The smallest absolute Gasteiger partial charge is 0.185 e. The second-order valence-corrected chi connectivity index (χ2v) is 4.95. The molecular weight excluding hydrogens is 186 g/mol. The molecule has 0 rings (SSSR count). The maximum atomic E-state index is 5.26. The van der Waals surface area contributed by atoms with Gasteiger partial charge in [-0.15, -0.1) is 0 Å². The SMILES string of the molecule is CC(C)C(CCCCN=C(N)N)C(C)C. The summed E-state index contributed by atoms with van der Waals surface area (Å²) in [7, 11) is 0. The number of nitrogens with two attached hydrogens (primary N) is 2. The fraction of sp³-hybridized carbons (Fsp3) is 0.917. The van der Waals surface area contributed by atoms with E-state index in [0.717, 1.165) is 30.7 Å². The van der Waals surface area contributed by atoms with Gasteiger partial charge < -0.3 is 11.5 Å². The molecule has 4 N–H and O–H groups in total. The van der Waals surface area contributed by atoms with Crippen LogP contribution in [0.2, 0.25) is 0 Å². The molecule has 0 bridgehead atoms. The summed E-state index contributed by atoms with van der Waals surface area (Å²) in [6.45, 7) is 9.99. The molecule has 0 atom stereocenters. The van der Waals surface area contributed by atoms with Crippen LogP contribution in [0, 0.1) is 17.8 Å². The number of rotatable bonds is 7. The highest BCUT2D eigenvalue weighted by atomic mass is 15.0. The largest absolute Gasteiger partial charge is 0.370 e. The van der Waals surface area contributed by atoms with Crippen molar-refractivity contribution < 1.29 is 0 Å². The Labute approximate surface area is 94.3 Å². The van der Waals surface area contributed by atoms with Crippen molar-refractivity contribution in [2.45, 2.75) is 47.0 Å². The van der Waals surface area contributed by atoms with Gasteiger partial charge in [-0.25, -0.2) is 0 Å². The maximum absolute atomic E-state index is 5.26. The maximum Gasteiger partial charge on any atom is 0.185 e. The molecule has 0 saturated carbocycles. The number of guanidine groups is 1. The van der Waals surface area contributed by atoms with Crippen LogP contribution in [-0.4, -0.2) is 12.5 Å². The van der Waals surface area contributed by atoms with E-state index in [1.165, 1.54) is 12.8 Å². The minimum absolute atomic E-state index is 0.208. The van der Waals surface area contributed by atoms with E-state index in [-0.39, 0.29) is 5.96 Å². The number of nitrogens with zero attached hydrogens (tertiary/aromatic N) is 1. The summed E-state index contributed by atoms with van der Waals surface area (Å²) in [5, 5.41) is 0. The highest BCUT2D eigenvalue weighted by Crippen LogP contribution is 2.25. The van der Waals surface area contributed by atoms with Crippen LogP contribution >= 0.6 is 0 Å². The van der Waals surface area contributed by atoms with Crippen molar-refractivity contribution in [2.24, 2.45) is 34.2 Å². The number of unbranched alkanes of at least 4 members (excludes halogenated alkanes) is 1. The number of aliphatic imine (C=N–C) groups is 1. The predicted octanol–water partition coefficient (Wildman–Crippen LogP) is 2.36. The van der Waals surface area contributed by atoms with E-state index in [9.17, 15) is 0 Å². The molecule has 90 valence electrons. The lowest BCUT2D eigenvalue weighted by molar-refractivity contribution is 0.262. The van der Waals surface area contributed by atoms with Gasteiger partial charge in [0, 0.05) is 6.54 Å². The minimum atomic E-state index is 0.208. The van der Waals surface area contributed by atoms with Gasteiger partial charge in [-0.1, -0.05) is 34.1 Å². The summed E-state index contributed by atoms with van der Waals surface area (Å²) in [6.07, 6.45) is 3.60. The summed E-state index contributed by atoms with van der Waals surface area (Å²) < 4.78 is 0. The first-order valence-corrected chi connectivity index (χ1v) is 6.00. The Morgan fingerprint density at radius 1 is 1.00 bits per heavy atom. The third-order valence-corrected chi connectivity index (χ3v) is 2.95. The molecule has 0 aliphatic rings. The van der Waals surface area contributed by atoms with Crippen LogP contribution in [0.25, 0.3) is 0 Å². The highest BCUT2D eigenvalue weighted by molar-refractivity contribution is 5.75. The third kappa shape index (κ3) is 7.23. The topological polar surface area (TPSA) is 64.4 Å². The Bertz CT molecular complexity index is 173.